The Balaban J connectivity index is 1.44. The molecule has 1 amide bonds. The number of hydrogen-bond donors (Lipinski definition) is 2. The molecule has 0 fully saturated rings. The number of ether oxygens (including phenoxy) is 1. The Morgan fingerprint density at radius 2 is 2.43 bits per heavy atom. The molecule has 0 saturated heterocycles. The first-order valence-electron chi connectivity index (χ1n) is 7.79. The van der Waals surface area contributed by atoms with Crippen molar-refractivity contribution >= 4 is 5.91 Å². The van der Waals surface area contributed by atoms with Gasteiger partial charge in [0.05, 0.1) is 12.8 Å². The van der Waals surface area contributed by atoms with Crippen molar-refractivity contribution in [3.8, 4) is 5.75 Å². The minimum Gasteiger partial charge on any atom is -0.492 e. The molecule has 0 unspecified atom stereocenters. The highest BCUT2D eigenvalue weighted by Gasteiger charge is 2.23. The van der Waals surface area contributed by atoms with Gasteiger partial charge < -0.3 is 15.0 Å². The summed E-state index contributed by atoms with van der Waals surface area (Å²) in [6, 6.07) is 3.69. The molecule has 0 spiro atoms. The molecule has 2 aromatic rings. The third-order valence-corrected chi connectivity index (χ3v) is 3.85. The van der Waals surface area contributed by atoms with Crippen LogP contribution in [0.4, 0.5) is 0 Å². The van der Waals surface area contributed by atoms with Crippen LogP contribution in [0.2, 0.25) is 0 Å². The molecule has 2 N–H and O–H groups in total. The Kier molecular flexibility index (Phi) is 4.87. The normalized spacial score (nSPS) is 14.3. The molecule has 1 aliphatic rings. The lowest BCUT2D eigenvalue weighted by Crippen LogP contribution is -2.30. The van der Waals surface area contributed by atoms with E-state index in [0.29, 0.717) is 18.8 Å². The summed E-state index contributed by atoms with van der Waals surface area (Å²) in [6.45, 7) is 2.84. The summed E-state index contributed by atoms with van der Waals surface area (Å²) in [4.78, 5) is 18.4. The lowest BCUT2D eigenvalue weighted by molar-refractivity contribution is 0.0944. The fourth-order valence-electron chi connectivity index (χ4n) is 2.60. The molecule has 1 aliphatic heterocycles. The molecule has 3 heterocycles. The standard InChI is InChI=1S/C16H21N5O2/c1-21-8-5-14-13(11-21)15(20-19-14)16(22)18-7-3-9-23-12-4-2-6-17-10-12/h2,4,6,10H,3,5,7-9,11H2,1H3,(H,18,22)(H,19,20). The van der Waals surface area contributed by atoms with Crippen molar-refractivity contribution in [2.75, 3.05) is 26.7 Å². The molecule has 0 radical (unpaired) electrons. The van der Waals surface area contributed by atoms with Gasteiger partial charge in [0.2, 0.25) is 0 Å². The van der Waals surface area contributed by atoms with Gasteiger partial charge in [-0.05, 0) is 25.6 Å². The third kappa shape index (κ3) is 3.87. The number of fused-ring (bicyclic) bond motifs is 1. The predicted octanol–water partition coefficient (Wildman–Crippen LogP) is 0.991. The quantitative estimate of drug-likeness (QED) is 0.777. The van der Waals surface area contributed by atoms with E-state index in [2.05, 4.69) is 25.4 Å². The van der Waals surface area contributed by atoms with Gasteiger partial charge in [-0.2, -0.15) is 5.10 Å². The van der Waals surface area contributed by atoms with E-state index in [1.54, 1.807) is 12.4 Å². The maximum Gasteiger partial charge on any atom is 0.272 e. The zero-order valence-electron chi connectivity index (χ0n) is 13.2. The summed E-state index contributed by atoms with van der Waals surface area (Å²) in [7, 11) is 2.05. The van der Waals surface area contributed by atoms with Crippen molar-refractivity contribution in [2.45, 2.75) is 19.4 Å². The van der Waals surface area contributed by atoms with Crippen LogP contribution in [-0.2, 0) is 13.0 Å². The average molecular weight is 315 g/mol. The molecule has 7 nitrogen and oxygen atoms in total. The molecule has 0 bridgehead atoms. The van der Waals surface area contributed by atoms with E-state index < -0.39 is 0 Å². The van der Waals surface area contributed by atoms with Crippen molar-refractivity contribution in [1.29, 1.82) is 0 Å². The van der Waals surface area contributed by atoms with Gasteiger partial charge in [0, 0.05) is 43.5 Å². The number of aromatic nitrogens is 3. The van der Waals surface area contributed by atoms with Crippen LogP contribution in [-0.4, -0.2) is 52.7 Å². The Bertz CT molecular complexity index is 656. The van der Waals surface area contributed by atoms with Crippen molar-refractivity contribution in [1.82, 2.24) is 25.4 Å². The van der Waals surface area contributed by atoms with E-state index in [0.717, 1.165) is 42.9 Å². The van der Waals surface area contributed by atoms with Crippen LogP contribution in [0.15, 0.2) is 24.5 Å². The van der Waals surface area contributed by atoms with Crippen LogP contribution < -0.4 is 10.1 Å². The molecule has 0 aromatic carbocycles. The minimum atomic E-state index is -0.126. The highest BCUT2D eigenvalue weighted by atomic mass is 16.5. The third-order valence-electron chi connectivity index (χ3n) is 3.85. The molecule has 0 atom stereocenters. The topological polar surface area (TPSA) is 83.1 Å². The Labute approximate surface area is 135 Å². The number of H-pyrrole nitrogens is 1. The SMILES string of the molecule is CN1CCc2[nH]nc(C(=O)NCCCOc3cccnc3)c2C1. The molecule has 122 valence electrons. The predicted molar refractivity (Wildman–Crippen MR) is 85.3 cm³/mol. The fraction of sp³-hybridized carbons (Fsp3) is 0.438. The van der Waals surface area contributed by atoms with Crippen LogP contribution in [0.3, 0.4) is 0 Å². The number of nitrogens with zero attached hydrogens (tertiary/aromatic N) is 3. The Morgan fingerprint density at radius 1 is 1.52 bits per heavy atom. The monoisotopic (exact) mass is 315 g/mol. The summed E-state index contributed by atoms with van der Waals surface area (Å²) in [6.07, 6.45) is 5.01. The van der Waals surface area contributed by atoms with Crippen LogP contribution in [0, 0.1) is 0 Å². The zero-order valence-corrected chi connectivity index (χ0v) is 13.2. The van der Waals surface area contributed by atoms with Gasteiger partial charge in [-0.25, -0.2) is 0 Å². The van der Waals surface area contributed by atoms with Gasteiger partial charge in [-0.15, -0.1) is 0 Å². The zero-order chi connectivity index (χ0) is 16.1. The van der Waals surface area contributed by atoms with E-state index in [4.69, 9.17) is 4.74 Å². The van der Waals surface area contributed by atoms with E-state index in [1.165, 1.54) is 0 Å². The van der Waals surface area contributed by atoms with Gasteiger partial charge >= 0.3 is 0 Å². The number of likely N-dealkylation sites (N-methyl/N-ethyl adjacent to an activating group) is 1. The lowest BCUT2D eigenvalue weighted by Gasteiger charge is -2.22. The highest BCUT2D eigenvalue weighted by molar-refractivity contribution is 5.94. The van der Waals surface area contributed by atoms with Gasteiger partial charge in [-0.3, -0.25) is 14.9 Å². The molecule has 0 saturated carbocycles. The summed E-state index contributed by atoms with van der Waals surface area (Å²) in [5.74, 6) is 0.613. The van der Waals surface area contributed by atoms with Crippen LogP contribution >= 0.6 is 0 Å². The molecule has 0 aliphatic carbocycles. The molecule has 7 heteroatoms. The van der Waals surface area contributed by atoms with Gasteiger partial charge in [0.15, 0.2) is 5.69 Å². The summed E-state index contributed by atoms with van der Waals surface area (Å²) in [5, 5.41) is 10.1. The summed E-state index contributed by atoms with van der Waals surface area (Å²) in [5.41, 5.74) is 2.61. The minimum absolute atomic E-state index is 0.126. The number of pyridine rings is 1. The van der Waals surface area contributed by atoms with Crippen LogP contribution in [0.25, 0.3) is 0 Å². The molecular formula is C16H21N5O2. The van der Waals surface area contributed by atoms with Crippen molar-refractivity contribution in [3.05, 3.63) is 41.5 Å². The van der Waals surface area contributed by atoms with Gasteiger partial charge in [0.1, 0.15) is 5.75 Å². The summed E-state index contributed by atoms with van der Waals surface area (Å²) < 4.78 is 5.54. The smallest absolute Gasteiger partial charge is 0.272 e. The first-order chi connectivity index (χ1) is 11.2. The van der Waals surface area contributed by atoms with E-state index in [9.17, 15) is 4.79 Å². The van der Waals surface area contributed by atoms with E-state index >= 15 is 0 Å². The largest absolute Gasteiger partial charge is 0.492 e. The number of rotatable bonds is 6. The molecule has 23 heavy (non-hydrogen) atoms. The lowest BCUT2D eigenvalue weighted by atomic mass is 10.1. The Hall–Kier alpha value is -2.41. The van der Waals surface area contributed by atoms with Gasteiger partial charge in [-0.1, -0.05) is 0 Å². The number of carbonyl (C=O) groups is 1. The first-order valence-corrected chi connectivity index (χ1v) is 7.79. The maximum absolute atomic E-state index is 12.3. The number of aromatic amines is 1. The van der Waals surface area contributed by atoms with Gasteiger partial charge in [0.25, 0.3) is 5.91 Å². The van der Waals surface area contributed by atoms with E-state index in [-0.39, 0.29) is 5.91 Å². The number of hydrogen-bond acceptors (Lipinski definition) is 5. The first kappa shape index (κ1) is 15.5. The maximum atomic E-state index is 12.3. The second-order valence-corrected chi connectivity index (χ2v) is 5.66. The number of amides is 1. The second kappa shape index (κ2) is 7.23. The second-order valence-electron chi connectivity index (χ2n) is 5.66. The summed E-state index contributed by atoms with van der Waals surface area (Å²) >= 11 is 0. The van der Waals surface area contributed by atoms with Crippen molar-refractivity contribution < 1.29 is 9.53 Å². The van der Waals surface area contributed by atoms with Crippen molar-refractivity contribution in [2.24, 2.45) is 0 Å². The number of carbonyl (C=O) groups excluding carboxylic acids is 1. The molecule has 3 rings (SSSR count). The molecular weight excluding hydrogens is 294 g/mol. The Morgan fingerprint density at radius 3 is 3.26 bits per heavy atom. The van der Waals surface area contributed by atoms with Crippen LogP contribution in [0.5, 0.6) is 5.75 Å². The fourth-order valence-corrected chi connectivity index (χ4v) is 2.60. The average Bonchev–Trinajstić information content (AvgIpc) is 2.98. The number of nitrogens with one attached hydrogen (secondary N) is 2. The highest BCUT2D eigenvalue weighted by Crippen LogP contribution is 2.19. The van der Waals surface area contributed by atoms with Crippen LogP contribution in [0.1, 0.15) is 28.2 Å². The van der Waals surface area contributed by atoms with E-state index in [1.807, 2.05) is 19.2 Å². The molecule has 2 aromatic heterocycles. The van der Waals surface area contributed by atoms with Crippen molar-refractivity contribution in [3.63, 3.8) is 0 Å².